The molecule has 0 aliphatic carbocycles. The van der Waals surface area contributed by atoms with Gasteiger partial charge in [0.1, 0.15) is 0 Å². The van der Waals surface area contributed by atoms with E-state index in [-0.39, 0.29) is 0 Å². The molecule has 0 aliphatic heterocycles. The number of nitriles is 2. The second kappa shape index (κ2) is 14.1. The Morgan fingerprint density at radius 1 is 0.367 bits per heavy atom. The zero-order valence-electron chi connectivity index (χ0n) is 32.0. The maximum Gasteiger partial charge on any atom is 0.166 e. The van der Waals surface area contributed by atoms with Crippen LogP contribution in [0.4, 0.5) is 0 Å². The molecule has 8 aromatic carbocycles. The van der Waals surface area contributed by atoms with E-state index in [1.54, 1.807) is 0 Å². The lowest BCUT2D eigenvalue weighted by Crippen LogP contribution is -2.04. The van der Waals surface area contributed by atoms with Crippen molar-refractivity contribution in [2.45, 2.75) is 0 Å². The van der Waals surface area contributed by atoms with Gasteiger partial charge in [-0.05, 0) is 83.9 Å². The van der Waals surface area contributed by atoms with E-state index in [1.165, 1.54) is 0 Å². The van der Waals surface area contributed by atoms with Crippen molar-refractivity contribution in [2.24, 2.45) is 0 Å². The van der Waals surface area contributed by atoms with Gasteiger partial charge in [-0.25, -0.2) is 15.0 Å². The fourth-order valence-corrected chi connectivity index (χ4v) is 8.54. The Balaban J connectivity index is 1.24. The van der Waals surface area contributed by atoms with E-state index in [0.29, 0.717) is 28.6 Å². The Morgan fingerprint density at radius 2 is 0.900 bits per heavy atom. The van der Waals surface area contributed by atoms with Crippen molar-refractivity contribution in [2.75, 3.05) is 0 Å². The number of fused-ring (bicyclic) bond motifs is 6. The molecule has 0 atom stereocenters. The molecule has 0 saturated carbocycles. The molecule has 0 aliphatic rings. The summed E-state index contributed by atoms with van der Waals surface area (Å²) in [4.78, 5) is 15.5. The minimum absolute atomic E-state index is 0.510. The summed E-state index contributed by atoms with van der Waals surface area (Å²) in [6.45, 7) is 0. The predicted octanol–water partition coefficient (Wildman–Crippen LogP) is 12.5. The molecule has 3 heterocycles. The standard InChI is InChI=1S/C53H31N7/c54-32-34-23-26-46-42(29-34)43-30-35(33-55)24-27-47(43)60(46)48-28-25-38(40-20-12-22-49-50(40)41-19-10-11-21-45(41)59(49)39-17-8-3-9-18-39)31-44(48)53-57-51(36-13-4-1-5-14-36)56-52(58-53)37-15-6-2-7-16-37/h1-31H. The second-order valence-electron chi connectivity index (χ2n) is 14.7. The fourth-order valence-electron chi connectivity index (χ4n) is 8.54. The first-order valence-corrected chi connectivity index (χ1v) is 19.6. The molecule has 11 rings (SSSR count). The van der Waals surface area contributed by atoms with Gasteiger partial charge in [0.25, 0.3) is 0 Å². The van der Waals surface area contributed by atoms with Crippen molar-refractivity contribution >= 4 is 43.6 Å². The average Bonchev–Trinajstić information content (AvgIpc) is 3.84. The molecule has 0 amide bonds. The van der Waals surface area contributed by atoms with E-state index in [9.17, 15) is 10.5 Å². The van der Waals surface area contributed by atoms with Crippen LogP contribution in [0.1, 0.15) is 11.1 Å². The molecule has 0 unspecified atom stereocenters. The molecule has 60 heavy (non-hydrogen) atoms. The van der Waals surface area contributed by atoms with E-state index < -0.39 is 0 Å². The summed E-state index contributed by atoms with van der Waals surface area (Å²) in [6.07, 6.45) is 0. The van der Waals surface area contributed by atoms with Crippen LogP contribution in [0, 0.1) is 22.7 Å². The van der Waals surface area contributed by atoms with Gasteiger partial charge in [0.05, 0.1) is 51.0 Å². The molecule has 0 radical (unpaired) electrons. The molecule has 3 aromatic heterocycles. The maximum absolute atomic E-state index is 9.94. The third kappa shape index (κ3) is 5.61. The second-order valence-corrected chi connectivity index (χ2v) is 14.7. The number of nitrogens with zero attached hydrogens (tertiary/aromatic N) is 7. The van der Waals surface area contributed by atoms with Crippen molar-refractivity contribution in [3.8, 4) is 68.8 Å². The van der Waals surface area contributed by atoms with Crippen LogP contribution in [0.2, 0.25) is 0 Å². The zero-order chi connectivity index (χ0) is 40.2. The van der Waals surface area contributed by atoms with Gasteiger partial charge in [0.2, 0.25) is 0 Å². The van der Waals surface area contributed by atoms with Crippen LogP contribution in [0.15, 0.2) is 188 Å². The summed E-state index contributed by atoms with van der Waals surface area (Å²) in [5.41, 5.74) is 11.6. The highest BCUT2D eigenvalue weighted by atomic mass is 15.1. The summed E-state index contributed by atoms with van der Waals surface area (Å²) < 4.78 is 4.53. The number of para-hydroxylation sites is 2. The first kappa shape index (κ1) is 34.6. The first-order valence-electron chi connectivity index (χ1n) is 19.6. The molecule has 11 aromatic rings. The van der Waals surface area contributed by atoms with Crippen LogP contribution in [0.5, 0.6) is 0 Å². The summed E-state index contributed by atoms with van der Waals surface area (Å²) in [5.74, 6) is 1.63. The van der Waals surface area contributed by atoms with E-state index >= 15 is 0 Å². The molecule has 0 saturated heterocycles. The van der Waals surface area contributed by atoms with Gasteiger partial charge in [0, 0.05) is 43.9 Å². The van der Waals surface area contributed by atoms with Gasteiger partial charge in [0.15, 0.2) is 17.5 Å². The maximum atomic E-state index is 9.94. The number of aromatic nitrogens is 5. The molecular formula is C53H31N7. The molecule has 0 bridgehead atoms. The molecule has 0 fully saturated rings. The minimum Gasteiger partial charge on any atom is -0.309 e. The highest BCUT2D eigenvalue weighted by Gasteiger charge is 2.23. The summed E-state index contributed by atoms with van der Waals surface area (Å²) in [5, 5.41) is 23.9. The van der Waals surface area contributed by atoms with Crippen LogP contribution in [0.25, 0.3) is 100 Å². The Kier molecular flexibility index (Phi) is 8.11. The fraction of sp³-hybridized carbons (Fsp3) is 0. The van der Waals surface area contributed by atoms with E-state index in [1.807, 2.05) is 103 Å². The van der Waals surface area contributed by atoms with Crippen molar-refractivity contribution in [1.29, 1.82) is 10.5 Å². The van der Waals surface area contributed by atoms with Crippen LogP contribution >= 0.6 is 0 Å². The van der Waals surface area contributed by atoms with Gasteiger partial charge in [-0.15, -0.1) is 0 Å². The molecule has 7 heteroatoms. The smallest absolute Gasteiger partial charge is 0.166 e. The molecule has 278 valence electrons. The quantitative estimate of drug-likeness (QED) is 0.168. The Morgan fingerprint density at radius 3 is 1.52 bits per heavy atom. The van der Waals surface area contributed by atoms with Crippen molar-refractivity contribution in [1.82, 2.24) is 24.1 Å². The SMILES string of the molecule is N#Cc1ccc2c(c1)c1cc(C#N)ccc1n2-c1ccc(-c2cccc3c2c2ccccc2n3-c2ccccc2)cc1-c1nc(-c2ccccc2)nc(-c2ccccc2)n1. The lowest BCUT2D eigenvalue weighted by Gasteiger charge is -2.17. The lowest BCUT2D eigenvalue weighted by atomic mass is 9.96. The van der Waals surface area contributed by atoms with Crippen LogP contribution in [-0.4, -0.2) is 24.1 Å². The van der Waals surface area contributed by atoms with Crippen molar-refractivity contribution < 1.29 is 0 Å². The number of hydrogen-bond donors (Lipinski definition) is 0. The van der Waals surface area contributed by atoms with Crippen LogP contribution in [0.3, 0.4) is 0 Å². The van der Waals surface area contributed by atoms with Crippen molar-refractivity contribution in [3.63, 3.8) is 0 Å². The Bertz CT molecular complexity index is 3430. The highest BCUT2D eigenvalue weighted by molar-refractivity contribution is 6.16. The van der Waals surface area contributed by atoms with Gasteiger partial charge in [-0.2, -0.15) is 10.5 Å². The van der Waals surface area contributed by atoms with Gasteiger partial charge >= 0.3 is 0 Å². The Hall–Kier alpha value is -8.65. The molecule has 0 N–H and O–H groups in total. The third-order valence-corrected chi connectivity index (χ3v) is 11.2. The number of rotatable bonds is 6. The molecule has 0 spiro atoms. The first-order chi connectivity index (χ1) is 29.7. The Labute approximate surface area is 345 Å². The molecule has 7 nitrogen and oxygen atoms in total. The highest BCUT2D eigenvalue weighted by Crippen LogP contribution is 2.42. The van der Waals surface area contributed by atoms with E-state index in [0.717, 1.165) is 82.8 Å². The third-order valence-electron chi connectivity index (χ3n) is 11.2. The summed E-state index contributed by atoms with van der Waals surface area (Å²) in [6, 6.07) is 68.1. The normalized spacial score (nSPS) is 11.3. The average molecular weight is 766 g/mol. The van der Waals surface area contributed by atoms with Crippen molar-refractivity contribution in [3.05, 3.63) is 199 Å². The van der Waals surface area contributed by atoms with Crippen LogP contribution in [-0.2, 0) is 0 Å². The van der Waals surface area contributed by atoms with E-state index in [2.05, 4.69) is 106 Å². The molecular weight excluding hydrogens is 735 g/mol. The lowest BCUT2D eigenvalue weighted by molar-refractivity contribution is 1.06. The largest absolute Gasteiger partial charge is 0.309 e. The van der Waals surface area contributed by atoms with Gasteiger partial charge in [-0.1, -0.05) is 115 Å². The minimum atomic E-state index is 0.510. The number of hydrogen-bond acceptors (Lipinski definition) is 5. The topological polar surface area (TPSA) is 96.1 Å². The van der Waals surface area contributed by atoms with Gasteiger partial charge in [-0.3, -0.25) is 0 Å². The van der Waals surface area contributed by atoms with E-state index in [4.69, 9.17) is 15.0 Å². The van der Waals surface area contributed by atoms with Crippen LogP contribution < -0.4 is 0 Å². The summed E-state index contributed by atoms with van der Waals surface area (Å²) in [7, 11) is 0. The zero-order valence-corrected chi connectivity index (χ0v) is 32.0. The monoisotopic (exact) mass is 765 g/mol. The predicted molar refractivity (Wildman–Crippen MR) is 240 cm³/mol. The van der Waals surface area contributed by atoms with Gasteiger partial charge < -0.3 is 9.13 Å². The summed E-state index contributed by atoms with van der Waals surface area (Å²) >= 11 is 0. The number of benzene rings is 8.